The smallest absolute Gasteiger partial charge is 0.392 e. The number of benzene rings is 1. The average Bonchev–Trinajstić information content (AvgIpc) is 3.18. The lowest BCUT2D eigenvalue weighted by molar-refractivity contribution is -0.138. The van der Waals surface area contributed by atoms with E-state index >= 15 is 0 Å². The van der Waals surface area contributed by atoms with E-state index in [1.807, 2.05) is 22.7 Å². The van der Waals surface area contributed by atoms with Crippen LogP contribution < -0.4 is 0 Å². The first-order valence-electron chi connectivity index (χ1n) is 8.48. The molecule has 25 heavy (non-hydrogen) atoms. The monoisotopic (exact) mass is 353 g/mol. The highest BCUT2D eigenvalue weighted by Crippen LogP contribution is 2.40. The Hall–Kier alpha value is -1.86. The van der Waals surface area contributed by atoms with Crippen LogP contribution in [0.3, 0.4) is 0 Å². The van der Waals surface area contributed by atoms with Crippen LogP contribution >= 0.6 is 0 Å². The number of likely N-dealkylation sites (tertiary alicyclic amines) is 1. The first-order chi connectivity index (χ1) is 11.9. The highest BCUT2D eigenvalue weighted by Gasteiger charge is 2.39. The Labute approximate surface area is 144 Å². The second-order valence-corrected chi connectivity index (χ2v) is 6.44. The Morgan fingerprint density at radius 3 is 2.72 bits per heavy atom. The summed E-state index contributed by atoms with van der Waals surface area (Å²) in [6.07, 6.45) is -0.249. The van der Waals surface area contributed by atoms with Gasteiger partial charge in [0.25, 0.3) is 0 Å². The molecule has 1 aliphatic heterocycles. The fraction of sp³-hybridized carbons (Fsp3) is 0.500. The number of hydrogen-bond acceptors (Lipinski definition) is 3. The highest BCUT2D eigenvalue weighted by molar-refractivity contribution is 5.33. The average molecular weight is 353 g/mol. The summed E-state index contributed by atoms with van der Waals surface area (Å²) < 4.78 is 41.8. The normalized spacial score (nSPS) is 21.8. The number of β-amino-alcohol motifs (C(OH)–C–C–N with tert-alkyl or cyclic N) is 1. The van der Waals surface area contributed by atoms with Crippen molar-refractivity contribution >= 4 is 0 Å². The second kappa shape index (κ2) is 7.17. The molecule has 0 amide bonds. The summed E-state index contributed by atoms with van der Waals surface area (Å²) in [4.78, 5) is 1.94. The van der Waals surface area contributed by atoms with E-state index in [2.05, 4.69) is 5.10 Å². The van der Waals surface area contributed by atoms with Crippen molar-refractivity contribution in [1.82, 2.24) is 14.7 Å². The zero-order valence-corrected chi connectivity index (χ0v) is 14.1. The van der Waals surface area contributed by atoms with Gasteiger partial charge in [0.1, 0.15) is 0 Å². The first-order valence-corrected chi connectivity index (χ1v) is 8.48. The molecule has 0 bridgehead atoms. The van der Waals surface area contributed by atoms with Crippen LogP contribution in [0.1, 0.15) is 36.1 Å². The van der Waals surface area contributed by atoms with E-state index < -0.39 is 23.9 Å². The molecule has 0 aliphatic carbocycles. The molecule has 2 aromatic rings. The fourth-order valence-electron chi connectivity index (χ4n) is 3.48. The minimum atomic E-state index is -4.39. The van der Waals surface area contributed by atoms with Gasteiger partial charge < -0.3 is 5.11 Å². The van der Waals surface area contributed by atoms with Gasteiger partial charge in [-0.25, -0.2) is 0 Å². The van der Waals surface area contributed by atoms with Crippen LogP contribution in [0, 0.1) is 0 Å². The minimum Gasteiger partial charge on any atom is -0.392 e. The van der Waals surface area contributed by atoms with E-state index in [4.69, 9.17) is 0 Å². The molecule has 2 atom stereocenters. The lowest BCUT2D eigenvalue weighted by atomic mass is 9.97. The molecule has 1 aliphatic rings. The number of nitrogens with zero attached hydrogens (tertiary/aromatic N) is 3. The molecule has 1 saturated heterocycles. The Morgan fingerprint density at radius 2 is 2.04 bits per heavy atom. The number of alkyl halides is 3. The van der Waals surface area contributed by atoms with Gasteiger partial charge in [0.05, 0.1) is 17.9 Å². The molecule has 0 radical (unpaired) electrons. The third-order valence-corrected chi connectivity index (χ3v) is 4.70. The second-order valence-electron chi connectivity index (χ2n) is 6.44. The summed E-state index contributed by atoms with van der Waals surface area (Å²) in [5.74, 6) is 0. The SMILES string of the molecule is CCn1cc(CCN2C[C@H](O)C[C@@H]2c2ccccc2C(F)(F)F)cn1. The van der Waals surface area contributed by atoms with E-state index in [1.54, 1.807) is 12.3 Å². The van der Waals surface area contributed by atoms with Crippen LogP contribution in [-0.4, -0.2) is 39.0 Å². The Bertz CT molecular complexity index is 714. The van der Waals surface area contributed by atoms with Crippen LogP contribution in [0.2, 0.25) is 0 Å². The van der Waals surface area contributed by atoms with Gasteiger partial charge in [-0.05, 0) is 37.0 Å². The van der Waals surface area contributed by atoms with Crippen LogP contribution in [0.4, 0.5) is 13.2 Å². The molecule has 2 heterocycles. The number of aliphatic hydroxyl groups excluding tert-OH is 1. The van der Waals surface area contributed by atoms with Gasteiger partial charge >= 0.3 is 6.18 Å². The number of rotatable bonds is 5. The van der Waals surface area contributed by atoms with Gasteiger partial charge in [-0.15, -0.1) is 0 Å². The molecule has 4 nitrogen and oxygen atoms in total. The van der Waals surface area contributed by atoms with E-state index in [-0.39, 0.29) is 5.56 Å². The topological polar surface area (TPSA) is 41.3 Å². The molecule has 0 saturated carbocycles. The van der Waals surface area contributed by atoms with Crippen molar-refractivity contribution in [2.24, 2.45) is 0 Å². The maximum atomic E-state index is 13.3. The Morgan fingerprint density at radius 1 is 1.28 bits per heavy atom. The number of aliphatic hydroxyl groups is 1. The molecule has 3 rings (SSSR count). The largest absolute Gasteiger partial charge is 0.416 e. The number of hydrogen-bond donors (Lipinski definition) is 1. The van der Waals surface area contributed by atoms with Crippen molar-refractivity contribution in [3.05, 3.63) is 53.3 Å². The first kappa shape index (κ1) is 17.9. The zero-order valence-electron chi connectivity index (χ0n) is 14.1. The van der Waals surface area contributed by atoms with Crippen LogP contribution in [0.5, 0.6) is 0 Å². The summed E-state index contributed by atoms with van der Waals surface area (Å²) in [5.41, 5.74) is 0.680. The fourth-order valence-corrected chi connectivity index (χ4v) is 3.48. The Balaban J connectivity index is 1.78. The van der Waals surface area contributed by atoms with Crippen LogP contribution in [0.25, 0.3) is 0 Å². The van der Waals surface area contributed by atoms with Crippen molar-refractivity contribution in [2.45, 2.75) is 44.6 Å². The molecule has 136 valence electrons. The number of aryl methyl sites for hydroxylation is 1. The standard InChI is InChI=1S/C18H22F3N3O/c1-2-24-11-13(10-22-24)7-8-23-12-14(25)9-17(23)15-5-3-4-6-16(15)18(19,20)21/h3-6,10-11,14,17,25H,2,7-9,12H2,1H3/t14-,17-/m1/s1. The molecule has 1 fully saturated rings. The van der Waals surface area contributed by atoms with Gasteiger partial charge in [0.15, 0.2) is 0 Å². The van der Waals surface area contributed by atoms with Gasteiger partial charge in [0, 0.05) is 31.9 Å². The molecule has 1 N–H and O–H groups in total. The van der Waals surface area contributed by atoms with Gasteiger partial charge in [-0.3, -0.25) is 9.58 Å². The Kier molecular flexibility index (Phi) is 5.15. The van der Waals surface area contributed by atoms with Crippen LogP contribution in [0.15, 0.2) is 36.7 Å². The van der Waals surface area contributed by atoms with Gasteiger partial charge in [0.2, 0.25) is 0 Å². The van der Waals surface area contributed by atoms with E-state index in [0.29, 0.717) is 25.9 Å². The van der Waals surface area contributed by atoms with E-state index in [0.717, 1.165) is 18.2 Å². The summed E-state index contributed by atoms with van der Waals surface area (Å²) in [5, 5.41) is 14.2. The predicted octanol–water partition coefficient (Wildman–Crippen LogP) is 3.27. The maximum Gasteiger partial charge on any atom is 0.416 e. The molecular weight excluding hydrogens is 331 g/mol. The lowest BCUT2D eigenvalue weighted by Gasteiger charge is -2.26. The molecule has 0 unspecified atom stereocenters. The van der Waals surface area contributed by atoms with Crippen molar-refractivity contribution < 1.29 is 18.3 Å². The minimum absolute atomic E-state index is 0.246. The predicted molar refractivity (Wildman–Crippen MR) is 88.0 cm³/mol. The van der Waals surface area contributed by atoms with Crippen LogP contribution in [-0.2, 0) is 19.1 Å². The number of aromatic nitrogens is 2. The molecule has 1 aromatic carbocycles. The third-order valence-electron chi connectivity index (χ3n) is 4.70. The summed E-state index contributed by atoms with van der Waals surface area (Å²) in [6.45, 7) is 3.75. The van der Waals surface area contributed by atoms with E-state index in [9.17, 15) is 18.3 Å². The van der Waals surface area contributed by atoms with Crippen molar-refractivity contribution in [1.29, 1.82) is 0 Å². The molecule has 0 spiro atoms. The van der Waals surface area contributed by atoms with Gasteiger partial charge in [-0.1, -0.05) is 18.2 Å². The summed E-state index contributed by atoms with van der Waals surface area (Å²) in [6, 6.07) is 5.24. The maximum absolute atomic E-state index is 13.3. The highest BCUT2D eigenvalue weighted by atomic mass is 19.4. The molecular formula is C18H22F3N3O. The quantitative estimate of drug-likeness (QED) is 0.897. The summed E-state index contributed by atoms with van der Waals surface area (Å²) >= 11 is 0. The summed E-state index contributed by atoms with van der Waals surface area (Å²) in [7, 11) is 0. The molecule has 7 heteroatoms. The van der Waals surface area contributed by atoms with Gasteiger partial charge in [-0.2, -0.15) is 18.3 Å². The number of halogens is 3. The van der Waals surface area contributed by atoms with Crippen molar-refractivity contribution in [3.8, 4) is 0 Å². The third kappa shape index (κ3) is 4.04. The lowest BCUT2D eigenvalue weighted by Crippen LogP contribution is -2.28. The van der Waals surface area contributed by atoms with E-state index in [1.165, 1.54) is 12.1 Å². The zero-order chi connectivity index (χ0) is 18.0. The molecule has 1 aromatic heterocycles. The van der Waals surface area contributed by atoms with Crippen molar-refractivity contribution in [3.63, 3.8) is 0 Å². The van der Waals surface area contributed by atoms with Crippen molar-refractivity contribution in [2.75, 3.05) is 13.1 Å².